The summed E-state index contributed by atoms with van der Waals surface area (Å²) < 4.78 is 10.8. The number of benzene rings is 2. The van der Waals surface area contributed by atoms with Crippen molar-refractivity contribution in [1.29, 1.82) is 0 Å². The number of aryl methyl sites for hydroxylation is 1. The van der Waals surface area contributed by atoms with Gasteiger partial charge in [0.2, 0.25) is 5.13 Å². The van der Waals surface area contributed by atoms with E-state index in [9.17, 15) is 4.79 Å². The summed E-state index contributed by atoms with van der Waals surface area (Å²) in [4.78, 5) is 15.1. The molecule has 0 N–H and O–H groups in total. The van der Waals surface area contributed by atoms with Crippen molar-refractivity contribution < 1.29 is 14.3 Å². The molecule has 0 unspecified atom stereocenters. The van der Waals surface area contributed by atoms with Gasteiger partial charge in [-0.1, -0.05) is 61.1 Å². The van der Waals surface area contributed by atoms with E-state index in [1.807, 2.05) is 31.2 Å². The zero-order chi connectivity index (χ0) is 21.0. The van der Waals surface area contributed by atoms with Gasteiger partial charge in [0, 0.05) is 12.1 Å². The lowest BCUT2D eigenvalue weighted by Gasteiger charge is -2.23. The van der Waals surface area contributed by atoms with Gasteiger partial charge in [-0.05, 0) is 25.0 Å². The van der Waals surface area contributed by atoms with E-state index in [2.05, 4.69) is 24.0 Å². The second-order valence-electron chi connectivity index (χ2n) is 7.11. The normalized spacial score (nSPS) is 10.8. The van der Waals surface area contributed by atoms with Crippen LogP contribution >= 0.6 is 11.3 Å². The zero-order valence-corrected chi connectivity index (χ0v) is 18.1. The van der Waals surface area contributed by atoms with Crippen molar-refractivity contribution >= 4 is 22.4 Å². The quantitative estimate of drug-likeness (QED) is 0.557. The SMILES string of the molecule is COc1cccc(C(=O)N(CC(C)C)c2nnc(-c3ccc(C)cc3)s2)c1OC. The lowest BCUT2D eigenvalue weighted by atomic mass is 10.1. The second kappa shape index (κ2) is 9.05. The summed E-state index contributed by atoms with van der Waals surface area (Å²) in [5.74, 6) is 0.987. The number of ether oxygens (including phenoxy) is 2. The molecule has 1 heterocycles. The Kier molecular flexibility index (Phi) is 6.49. The first-order chi connectivity index (χ1) is 13.9. The maximum absolute atomic E-state index is 13.4. The maximum Gasteiger partial charge on any atom is 0.264 e. The largest absolute Gasteiger partial charge is 0.493 e. The Balaban J connectivity index is 1.99. The third-order valence-electron chi connectivity index (χ3n) is 4.37. The van der Waals surface area contributed by atoms with Crippen LogP contribution in [0, 0.1) is 12.8 Å². The van der Waals surface area contributed by atoms with Crippen LogP contribution in [0.3, 0.4) is 0 Å². The highest BCUT2D eigenvalue weighted by atomic mass is 32.1. The van der Waals surface area contributed by atoms with Crippen LogP contribution < -0.4 is 14.4 Å². The molecule has 0 saturated carbocycles. The average Bonchev–Trinajstić information content (AvgIpc) is 3.21. The topological polar surface area (TPSA) is 64.5 Å². The minimum Gasteiger partial charge on any atom is -0.493 e. The van der Waals surface area contributed by atoms with Gasteiger partial charge in [0.05, 0.1) is 19.8 Å². The van der Waals surface area contributed by atoms with Crippen molar-refractivity contribution in [1.82, 2.24) is 10.2 Å². The summed E-state index contributed by atoms with van der Waals surface area (Å²) in [5, 5.41) is 9.97. The highest BCUT2D eigenvalue weighted by molar-refractivity contribution is 7.18. The van der Waals surface area contributed by atoms with Gasteiger partial charge in [0.15, 0.2) is 11.5 Å². The Hall–Kier alpha value is -2.93. The molecule has 0 radical (unpaired) electrons. The minimum absolute atomic E-state index is 0.193. The zero-order valence-electron chi connectivity index (χ0n) is 17.3. The Morgan fingerprint density at radius 3 is 2.41 bits per heavy atom. The summed E-state index contributed by atoms with van der Waals surface area (Å²) in [6.45, 7) is 6.68. The molecule has 6 nitrogen and oxygen atoms in total. The van der Waals surface area contributed by atoms with Gasteiger partial charge in [-0.2, -0.15) is 0 Å². The molecule has 0 spiro atoms. The molecule has 0 saturated heterocycles. The lowest BCUT2D eigenvalue weighted by Crippen LogP contribution is -2.34. The van der Waals surface area contributed by atoms with Crippen LogP contribution in [-0.4, -0.2) is 36.9 Å². The van der Waals surface area contributed by atoms with Crippen molar-refractivity contribution in [3.63, 3.8) is 0 Å². The summed E-state index contributed by atoms with van der Waals surface area (Å²) in [7, 11) is 3.08. The lowest BCUT2D eigenvalue weighted by molar-refractivity contribution is 0.0980. The van der Waals surface area contributed by atoms with Gasteiger partial charge < -0.3 is 9.47 Å². The number of hydrogen-bond donors (Lipinski definition) is 0. The van der Waals surface area contributed by atoms with Crippen LogP contribution in [0.15, 0.2) is 42.5 Å². The van der Waals surface area contributed by atoms with Gasteiger partial charge in [-0.25, -0.2) is 0 Å². The number of rotatable bonds is 7. The molecule has 0 aliphatic heterocycles. The first kappa shape index (κ1) is 20.8. The standard InChI is InChI=1S/C22H25N3O3S/c1-14(2)13-25(21(26)17-7-6-8-18(27-4)19(17)28-5)22-24-23-20(29-22)16-11-9-15(3)10-12-16/h6-12,14H,13H2,1-5H3. The summed E-state index contributed by atoms with van der Waals surface area (Å²) in [6.07, 6.45) is 0. The fourth-order valence-electron chi connectivity index (χ4n) is 2.95. The fourth-order valence-corrected chi connectivity index (χ4v) is 3.81. The molecule has 0 aliphatic carbocycles. The Morgan fingerprint density at radius 2 is 1.79 bits per heavy atom. The molecule has 1 aromatic heterocycles. The molecular weight excluding hydrogens is 386 g/mol. The fraction of sp³-hybridized carbons (Fsp3) is 0.318. The Bertz CT molecular complexity index is 983. The van der Waals surface area contributed by atoms with Crippen molar-refractivity contribution in [2.24, 2.45) is 5.92 Å². The highest BCUT2D eigenvalue weighted by Gasteiger charge is 2.26. The molecule has 2 aromatic carbocycles. The molecule has 3 aromatic rings. The summed E-state index contributed by atoms with van der Waals surface area (Å²) in [5.41, 5.74) is 2.59. The molecule has 0 bridgehead atoms. The van der Waals surface area contributed by atoms with Crippen LogP contribution in [0.1, 0.15) is 29.8 Å². The summed E-state index contributed by atoms with van der Waals surface area (Å²) in [6, 6.07) is 13.4. The predicted octanol–water partition coefficient (Wildman–Crippen LogP) is 4.83. The number of para-hydroxylation sites is 1. The van der Waals surface area contributed by atoms with E-state index in [4.69, 9.17) is 9.47 Å². The van der Waals surface area contributed by atoms with Crippen molar-refractivity contribution in [2.75, 3.05) is 25.7 Å². The van der Waals surface area contributed by atoms with Crippen LogP contribution in [-0.2, 0) is 0 Å². The summed E-state index contributed by atoms with van der Waals surface area (Å²) >= 11 is 1.40. The van der Waals surface area contributed by atoms with Crippen LogP contribution in [0.5, 0.6) is 11.5 Å². The second-order valence-corrected chi connectivity index (χ2v) is 8.06. The minimum atomic E-state index is -0.193. The van der Waals surface area contributed by atoms with Gasteiger partial charge >= 0.3 is 0 Å². The van der Waals surface area contributed by atoms with E-state index in [0.717, 1.165) is 10.6 Å². The monoisotopic (exact) mass is 411 g/mol. The van der Waals surface area contributed by atoms with E-state index in [1.165, 1.54) is 24.0 Å². The van der Waals surface area contributed by atoms with Crippen molar-refractivity contribution in [2.45, 2.75) is 20.8 Å². The molecule has 3 rings (SSSR count). The smallest absolute Gasteiger partial charge is 0.264 e. The number of anilines is 1. The van der Waals surface area contributed by atoms with Gasteiger partial charge in [-0.15, -0.1) is 10.2 Å². The van der Waals surface area contributed by atoms with Gasteiger partial charge in [-0.3, -0.25) is 9.69 Å². The van der Waals surface area contributed by atoms with Crippen LogP contribution in [0.25, 0.3) is 10.6 Å². The maximum atomic E-state index is 13.4. The molecule has 1 amide bonds. The van der Waals surface area contributed by atoms with Crippen molar-refractivity contribution in [3.8, 4) is 22.1 Å². The highest BCUT2D eigenvalue weighted by Crippen LogP contribution is 2.34. The first-order valence-corrected chi connectivity index (χ1v) is 10.2. The van der Waals surface area contributed by atoms with Crippen molar-refractivity contribution in [3.05, 3.63) is 53.6 Å². The number of methoxy groups -OCH3 is 2. The third-order valence-corrected chi connectivity index (χ3v) is 5.37. The number of carbonyl (C=O) groups is 1. The van der Waals surface area contributed by atoms with Crippen LogP contribution in [0.2, 0.25) is 0 Å². The number of nitrogens with zero attached hydrogens (tertiary/aromatic N) is 3. The molecule has 0 atom stereocenters. The Labute approximate surface area is 175 Å². The molecule has 29 heavy (non-hydrogen) atoms. The third kappa shape index (κ3) is 4.56. The number of aromatic nitrogens is 2. The first-order valence-electron chi connectivity index (χ1n) is 9.38. The molecule has 0 fully saturated rings. The molecule has 7 heteroatoms. The van der Waals surface area contributed by atoms with E-state index in [-0.39, 0.29) is 11.8 Å². The van der Waals surface area contributed by atoms with E-state index < -0.39 is 0 Å². The molecular formula is C22H25N3O3S. The Morgan fingerprint density at radius 1 is 1.07 bits per heavy atom. The van der Waals surface area contributed by atoms with Gasteiger partial charge in [0.25, 0.3) is 5.91 Å². The van der Waals surface area contributed by atoms with Gasteiger partial charge in [0.1, 0.15) is 5.01 Å². The van der Waals surface area contributed by atoms with E-state index in [0.29, 0.717) is 28.7 Å². The van der Waals surface area contributed by atoms with E-state index >= 15 is 0 Å². The van der Waals surface area contributed by atoms with Crippen LogP contribution in [0.4, 0.5) is 5.13 Å². The number of hydrogen-bond acceptors (Lipinski definition) is 6. The molecule has 152 valence electrons. The average molecular weight is 412 g/mol. The van der Waals surface area contributed by atoms with E-state index in [1.54, 1.807) is 30.2 Å². The number of carbonyl (C=O) groups excluding carboxylic acids is 1. The predicted molar refractivity (Wildman–Crippen MR) is 116 cm³/mol. The molecule has 0 aliphatic rings. The number of amides is 1.